The van der Waals surface area contributed by atoms with E-state index in [0.29, 0.717) is 11.2 Å². The van der Waals surface area contributed by atoms with Gasteiger partial charge in [-0.05, 0) is 24.1 Å². The summed E-state index contributed by atoms with van der Waals surface area (Å²) < 4.78 is 45.6. The van der Waals surface area contributed by atoms with Crippen molar-refractivity contribution < 1.29 is 26.9 Å². The molecule has 34 heavy (non-hydrogen) atoms. The molecule has 11 nitrogen and oxygen atoms in total. The van der Waals surface area contributed by atoms with Crippen LogP contribution in [0, 0.1) is 11.8 Å². The summed E-state index contributed by atoms with van der Waals surface area (Å²) in [6.45, 7) is 13.9. The summed E-state index contributed by atoms with van der Waals surface area (Å²) in [7, 11) is -6.28. The van der Waals surface area contributed by atoms with Gasteiger partial charge in [-0.3, -0.25) is 8.75 Å². The maximum Gasteiger partial charge on any atom is 0.267 e. The number of hydrogen-bond donors (Lipinski definition) is 2. The number of ether oxygens (including phenoxy) is 1. The van der Waals surface area contributed by atoms with Crippen LogP contribution in [0.4, 0.5) is 5.82 Å². The predicted molar refractivity (Wildman–Crippen MR) is 131 cm³/mol. The van der Waals surface area contributed by atoms with E-state index in [1.165, 1.54) is 12.7 Å². The standard InChI is InChI=1S/C21H37N5O6SSi/c1-13(2)9-30-33(28,29)10-14-15(8-27)31-20(17(14)32-34(6,7)21(3,4)5)26-12-25-16-18(22)23-11-24-19(16)26/h11-15,17,20,27H,8-10H2,1-7H3,(H2,22,23,24)/t14-,15-,17-,20-/m1/s1. The molecule has 1 aliphatic heterocycles. The molecule has 0 bridgehead atoms. The molecule has 0 radical (unpaired) electrons. The van der Waals surface area contributed by atoms with Crippen molar-refractivity contribution in [3.8, 4) is 0 Å². The summed E-state index contributed by atoms with van der Waals surface area (Å²) in [6, 6.07) is 0. The van der Waals surface area contributed by atoms with Gasteiger partial charge in [0.15, 0.2) is 26.0 Å². The molecule has 13 heteroatoms. The van der Waals surface area contributed by atoms with E-state index in [1.54, 1.807) is 4.57 Å². The lowest BCUT2D eigenvalue weighted by Gasteiger charge is -2.40. The van der Waals surface area contributed by atoms with Crippen molar-refractivity contribution in [3.05, 3.63) is 12.7 Å². The topological polar surface area (TPSA) is 152 Å². The monoisotopic (exact) mass is 515 g/mol. The smallest absolute Gasteiger partial charge is 0.267 e. The van der Waals surface area contributed by atoms with Gasteiger partial charge in [0, 0.05) is 5.92 Å². The highest BCUT2D eigenvalue weighted by Gasteiger charge is 2.52. The van der Waals surface area contributed by atoms with Gasteiger partial charge in [0.2, 0.25) is 0 Å². The van der Waals surface area contributed by atoms with Crippen LogP contribution in [-0.4, -0.2) is 72.5 Å². The molecule has 1 fully saturated rings. The third kappa shape index (κ3) is 5.60. The number of fused-ring (bicyclic) bond motifs is 1. The number of anilines is 1. The fourth-order valence-corrected chi connectivity index (χ4v) is 6.40. The van der Waals surface area contributed by atoms with Gasteiger partial charge in [-0.25, -0.2) is 15.0 Å². The lowest BCUT2D eigenvalue weighted by molar-refractivity contribution is -0.0467. The molecule has 1 aliphatic rings. The highest BCUT2D eigenvalue weighted by atomic mass is 32.2. The zero-order valence-corrected chi connectivity index (χ0v) is 22.7. The van der Waals surface area contributed by atoms with Gasteiger partial charge in [0.25, 0.3) is 10.1 Å². The molecule has 0 amide bonds. The number of aliphatic hydroxyl groups excluding tert-OH is 1. The Morgan fingerprint density at radius 2 is 1.94 bits per heavy atom. The van der Waals surface area contributed by atoms with Gasteiger partial charge in [0.1, 0.15) is 11.8 Å². The summed E-state index contributed by atoms with van der Waals surface area (Å²) in [6.07, 6.45) is 0.622. The molecule has 3 N–H and O–H groups in total. The first-order valence-corrected chi connectivity index (χ1v) is 15.9. The maximum absolute atomic E-state index is 12.9. The molecule has 3 heterocycles. The molecule has 2 aromatic rings. The average molecular weight is 516 g/mol. The second kappa shape index (κ2) is 9.78. The van der Waals surface area contributed by atoms with E-state index in [1.807, 2.05) is 13.8 Å². The van der Waals surface area contributed by atoms with Crippen LogP contribution in [0.3, 0.4) is 0 Å². The highest BCUT2D eigenvalue weighted by Crippen LogP contribution is 2.44. The van der Waals surface area contributed by atoms with Crippen molar-refractivity contribution in [2.45, 2.75) is 71.2 Å². The minimum absolute atomic E-state index is 0.0534. The zero-order valence-electron chi connectivity index (χ0n) is 20.9. The summed E-state index contributed by atoms with van der Waals surface area (Å²) in [5, 5.41) is 9.98. The first-order chi connectivity index (χ1) is 15.7. The van der Waals surface area contributed by atoms with Crippen molar-refractivity contribution >= 4 is 35.4 Å². The van der Waals surface area contributed by atoms with E-state index in [2.05, 4.69) is 48.8 Å². The number of aliphatic hydroxyl groups is 1. The van der Waals surface area contributed by atoms with Gasteiger partial charge in [-0.2, -0.15) is 8.42 Å². The second-order valence-corrected chi connectivity index (χ2v) is 17.2. The van der Waals surface area contributed by atoms with Gasteiger partial charge in [-0.15, -0.1) is 0 Å². The van der Waals surface area contributed by atoms with Crippen molar-refractivity contribution in [2.24, 2.45) is 11.8 Å². The normalized spacial score (nSPS) is 24.4. The van der Waals surface area contributed by atoms with Crippen molar-refractivity contribution in [1.29, 1.82) is 0 Å². The Bertz CT molecular complexity index is 1100. The zero-order chi connectivity index (χ0) is 25.5. The van der Waals surface area contributed by atoms with E-state index < -0.39 is 42.8 Å². The molecule has 0 saturated carbocycles. The van der Waals surface area contributed by atoms with Crippen LogP contribution in [0.1, 0.15) is 40.8 Å². The molecule has 0 unspecified atom stereocenters. The van der Waals surface area contributed by atoms with E-state index in [9.17, 15) is 13.5 Å². The number of hydrogen-bond acceptors (Lipinski definition) is 10. The Labute approximate surface area is 202 Å². The fraction of sp³-hybridized carbons (Fsp3) is 0.762. The van der Waals surface area contributed by atoms with Crippen molar-refractivity contribution in [2.75, 3.05) is 24.7 Å². The van der Waals surface area contributed by atoms with Crippen molar-refractivity contribution in [3.63, 3.8) is 0 Å². The minimum atomic E-state index is -3.89. The molecule has 2 aromatic heterocycles. The molecule has 0 spiro atoms. The number of rotatable bonds is 9. The van der Waals surface area contributed by atoms with E-state index in [4.69, 9.17) is 19.1 Å². The van der Waals surface area contributed by atoms with Crippen LogP contribution >= 0.6 is 0 Å². The molecule has 3 rings (SSSR count). The number of nitrogens with two attached hydrogens (primary N) is 1. The molecule has 1 saturated heterocycles. The Morgan fingerprint density at radius 1 is 1.26 bits per heavy atom. The lowest BCUT2D eigenvalue weighted by atomic mass is 10.0. The van der Waals surface area contributed by atoms with E-state index >= 15 is 0 Å². The van der Waals surface area contributed by atoms with Crippen LogP contribution in [0.15, 0.2) is 12.7 Å². The van der Waals surface area contributed by atoms with Crippen LogP contribution in [0.25, 0.3) is 11.2 Å². The van der Waals surface area contributed by atoms with E-state index in [-0.39, 0.29) is 35.7 Å². The number of aromatic nitrogens is 4. The summed E-state index contributed by atoms with van der Waals surface area (Å²) in [5.41, 5.74) is 6.81. The first kappa shape index (κ1) is 27.0. The third-order valence-electron chi connectivity index (χ3n) is 6.55. The van der Waals surface area contributed by atoms with E-state index in [0.717, 1.165) is 0 Å². The van der Waals surface area contributed by atoms with Crippen LogP contribution in [-0.2, 0) is 23.5 Å². The average Bonchev–Trinajstić information content (AvgIpc) is 3.28. The summed E-state index contributed by atoms with van der Waals surface area (Å²) in [5.74, 6) is -0.732. The predicted octanol–water partition coefficient (Wildman–Crippen LogP) is 2.31. The Hall–Kier alpha value is -1.64. The molecular formula is C21H37N5O6SSi. The quantitative estimate of drug-likeness (QED) is 0.376. The number of imidazole rings is 1. The Morgan fingerprint density at radius 3 is 2.53 bits per heavy atom. The highest BCUT2D eigenvalue weighted by molar-refractivity contribution is 7.86. The van der Waals surface area contributed by atoms with Gasteiger partial charge >= 0.3 is 0 Å². The SMILES string of the molecule is CC(C)COS(=O)(=O)C[C@H]1[C@@H](O[Si](C)(C)C(C)(C)C)[C@H](n2cnc3c(N)ncnc32)O[C@@H]1CO. The van der Waals surface area contributed by atoms with Crippen LogP contribution in [0.5, 0.6) is 0 Å². The largest absolute Gasteiger partial charge is 0.409 e. The lowest BCUT2D eigenvalue weighted by Crippen LogP contribution is -2.48. The second-order valence-electron chi connectivity index (χ2n) is 10.7. The Balaban J connectivity index is 2.05. The molecule has 0 aliphatic carbocycles. The first-order valence-electron chi connectivity index (χ1n) is 11.4. The molecule has 0 aromatic carbocycles. The van der Waals surface area contributed by atoms with Gasteiger partial charge in [-0.1, -0.05) is 34.6 Å². The molecule has 192 valence electrons. The Kier molecular flexibility index (Phi) is 7.75. The fourth-order valence-electron chi connectivity index (χ4n) is 3.63. The van der Waals surface area contributed by atoms with Crippen LogP contribution in [0.2, 0.25) is 18.1 Å². The maximum atomic E-state index is 12.9. The van der Waals surface area contributed by atoms with Gasteiger partial charge < -0.3 is 20.0 Å². The summed E-state index contributed by atoms with van der Waals surface area (Å²) >= 11 is 0. The summed E-state index contributed by atoms with van der Waals surface area (Å²) in [4.78, 5) is 12.6. The van der Waals surface area contributed by atoms with Crippen molar-refractivity contribution in [1.82, 2.24) is 19.5 Å². The van der Waals surface area contributed by atoms with Gasteiger partial charge in [0.05, 0.1) is 37.5 Å². The third-order valence-corrected chi connectivity index (χ3v) is 12.3. The number of nitrogen functional groups attached to an aromatic ring is 1. The minimum Gasteiger partial charge on any atom is -0.409 e. The number of nitrogens with zero attached hydrogens (tertiary/aromatic N) is 4. The molecular weight excluding hydrogens is 478 g/mol. The molecule has 4 atom stereocenters. The van der Waals surface area contributed by atoms with Crippen LogP contribution < -0.4 is 5.73 Å².